The van der Waals surface area contributed by atoms with E-state index in [1.165, 1.54) is 5.56 Å². The number of hydrogen-bond donors (Lipinski definition) is 1. The first kappa shape index (κ1) is 12.2. The lowest BCUT2D eigenvalue weighted by Crippen LogP contribution is -2.04. The van der Waals surface area contributed by atoms with E-state index in [0.717, 1.165) is 18.7 Å². The lowest BCUT2D eigenvalue weighted by Gasteiger charge is -2.07. The average Bonchev–Trinajstić information content (AvgIpc) is 2.29. The molecule has 0 atom stereocenters. The second-order valence-electron chi connectivity index (χ2n) is 3.69. The van der Waals surface area contributed by atoms with E-state index in [-0.39, 0.29) is 0 Å². The topological polar surface area (TPSA) is 24.9 Å². The number of hydrogen-bond acceptors (Lipinski definition) is 2. The van der Waals surface area contributed by atoms with E-state index in [1.54, 1.807) is 18.5 Å². The van der Waals surface area contributed by atoms with E-state index < -0.39 is 0 Å². The molecule has 0 aliphatic heterocycles. The van der Waals surface area contributed by atoms with Gasteiger partial charge in [-0.1, -0.05) is 23.2 Å². The molecular formula is C13H12Cl2N2. The molecule has 0 radical (unpaired) electrons. The van der Waals surface area contributed by atoms with Gasteiger partial charge in [0.1, 0.15) is 0 Å². The fraction of sp³-hybridized carbons (Fsp3) is 0.154. The summed E-state index contributed by atoms with van der Waals surface area (Å²) in [6, 6.07) is 9.45. The molecule has 1 aromatic heterocycles. The summed E-state index contributed by atoms with van der Waals surface area (Å²) in [6.07, 6.45) is 4.53. The Balaban J connectivity index is 1.90. The maximum absolute atomic E-state index is 5.91. The molecule has 1 aromatic carbocycles. The van der Waals surface area contributed by atoms with Crippen LogP contribution in [0, 0.1) is 0 Å². The summed E-state index contributed by atoms with van der Waals surface area (Å²) in [5, 5.41) is 4.57. The Morgan fingerprint density at radius 1 is 1.00 bits per heavy atom. The smallest absolute Gasteiger partial charge is 0.0441 e. The second-order valence-corrected chi connectivity index (χ2v) is 4.56. The maximum atomic E-state index is 5.91. The third kappa shape index (κ3) is 3.91. The van der Waals surface area contributed by atoms with Crippen LogP contribution in [0.2, 0.25) is 10.0 Å². The number of rotatable bonds is 4. The molecule has 0 fully saturated rings. The number of anilines is 1. The van der Waals surface area contributed by atoms with Crippen molar-refractivity contribution in [3.05, 3.63) is 58.3 Å². The minimum atomic E-state index is 0.643. The summed E-state index contributed by atoms with van der Waals surface area (Å²) < 4.78 is 0. The first-order valence-electron chi connectivity index (χ1n) is 5.33. The molecule has 0 amide bonds. The van der Waals surface area contributed by atoms with Crippen LogP contribution in [0.1, 0.15) is 5.56 Å². The molecule has 0 bridgehead atoms. The van der Waals surface area contributed by atoms with Crippen molar-refractivity contribution < 1.29 is 0 Å². The van der Waals surface area contributed by atoms with Crippen molar-refractivity contribution in [2.75, 3.05) is 11.9 Å². The number of halogens is 2. The highest BCUT2D eigenvalue weighted by atomic mass is 35.5. The Morgan fingerprint density at radius 3 is 2.29 bits per heavy atom. The van der Waals surface area contributed by atoms with Crippen LogP contribution in [0.4, 0.5) is 5.69 Å². The normalized spacial score (nSPS) is 10.2. The highest BCUT2D eigenvalue weighted by molar-refractivity contribution is 6.35. The Labute approximate surface area is 111 Å². The van der Waals surface area contributed by atoms with Crippen molar-refractivity contribution in [3.63, 3.8) is 0 Å². The van der Waals surface area contributed by atoms with Gasteiger partial charge in [-0.15, -0.1) is 0 Å². The zero-order valence-corrected chi connectivity index (χ0v) is 10.7. The quantitative estimate of drug-likeness (QED) is 0.904. The van der Waals surface area contributed by atoms with Crippen LogP contribution < -0.4 is 5.32 Å². The van der Waals surface area contributed by atoms with Gasteiger partial charge in [0.15, 0.2) is 0 Å². The number of benzene rings is 1. The van der Waals surface area contributed by atoms with Gasteiger partial charge in [0.2, 0.25) is 0 Å². The highest BCUT2D eigenvalue weighted by Gasteiger charge is 1.98. The van der Waals surface area contributed by atoms with Crippen LogP contribution in [-0.4, -0.2) is 11.5 Å². The molecular weight excluding hydrogens is 255 g/mol. The minimum Gasteiger partial charge on any atom is -0.385 e. The zero-order valence-electron chi connectivity index (χ0n) is 9.16. The van der Waals surface area contributed by atoms with Crippen LogP contribution in [0.15, 0.2) is 42.7 Å². The molecule has 4 heteroatoms. The standard InChI is InChI=1S/C13H12Cl2N2/c14-11-7-12(15)9-13(8-11)17-6-3-10-1-4-16-5-2-10/h1-2,4-5,7-9,17H,3,6H2. The predicted molar refractivity (Wildman–Crippen MR) is 72.9 cm³/mol. The first-order valence-corrected chi connectivity index (χ1v) is 6.08. The summed E-state index contributed by atoms with van der Waals surface area (Å²) >= 11 is 11.8. The van der Waals surface area contributed by atoms with Gasteiger partial charge in [0.05, 0.1) is 0 Å². The van der Waals surface area contributed by atoms with Gasteiger partial charge in [0, 0.05) is 34.7 Å². The van der Waals surface area contributed by atoms with Crippen LogP contribution in [-0.2, 0) is 6.42 Å². The molecule has 1 heterocycles. The monoisotopic (exact) mass is 266 g/mol. The van der Waals surface area contributed by atoms with E-state index in [0.29, 0.717) is 10.0 Å². The molecule has 0 saturated carbocycles. The van der Waals surface area contributed by atoms with Gasteiger partial charge in [-0.25, -0.2) is 0 Å². The van der Waals surface area contributed by atoms with Gasteiger partial charge < -0.3 is 5.32 Å². The van der Waals surface area contributed by atoms with Crippen molar-refractivity contribution in [2.45, 2.75) is 6.42 Å². The van der Waals surface area contributed by atoms with E-state index in [4.69, 9.17) is 23.2 Å². The summed E-state index contributed by atoms with van der Waals surface area (Å²) in [7, 11) is 0. The van der Waals surface area contributed by atoms with Crippen LogP contribution in [0.25, 0.3) is 0 Å². The molecule has 1 N–H and O–H groups in total. The van der Waals surface area contributed by atoms with Crippen LogP contribution in [0.3, 0.4) is 0 Å². The molecule has 0 unspecified atom stereocenters. The molecule has 0 saturated heterocycles. The third-order valence-electron chi connectivity index (χ3n) is 2.35. The Hall–Kier alpha value is -1.25. The van der Waals surface area contributed by atoms with Crippen molar-refractivity contribution in [1.82, 2.24) is 4.98 Å². The van der Waals surface area contributed by atoms with Crippen LogP contribution >= 0.6 is 23.2 Å². The zero-order chi connectivity index (χ0) is 12.1. The van der Waals surface area contributed by atoms with E-state index in [9.17, 15) is 0 Å². The molecule has 2 aromatic rings. The summed E-state index contributed by atoms with van der Waals surface area (Å²) in [5.41, 5.74) is 2.19. The van der Waals surface area contributed by atoms with Gasteiger partial charge in [0.25, 0.3) is 0 Å². The van der Waals surface area contributed by atoms with Gasteiger partial charge in [-0.3, -0.25) is 4.98 Å². The maximum Gasteiger partial charge on any atom is 0.0441 e. The second kappa shape index (κ2) is 5.89. The van der Waals surface area contributed by atoms with Crippen LogP contribution in [0.5, 0.6) is 0 Å². The van der Waals surface area contributed by atoms with Gasteiger partial charge in [-0.2, -0.15) is 0 Å². The first-order chi connectivity index (χ1) is 8.24. The van der Waals surface area contributed by atoms with E-state index in [1.807, 2.05) is 24.3 Å². The number of nitrogens with zero attached hydrogens (tertiary/aromatic N) is 1. The number of aromatic nitrogens is 1. The van der Waals surface area contributed by atoms with E-state index >= 15 is 0 Å². The van der Waals surface area contributed by atoms with Gasteiger partial charge >= 0.3 is 0 Å². The number of nitrogens with one attached hydrogen (secondary N) is 1. The lowest BCUT2D eigenvalue weighted by molar-refractivity contribution is 1.01. The summed E-state index contributed by atoms with van der Waals surface area (Å²) in [5.74, 6) is 0. The van der Waals surface area contributed by atoms with Gasteiger partial charge in [-0.05, 0) is 42.3 Å². The molecule has 88 valence electrons. The highest BCUT2D eigenvalue weighted by Crippen LogP contribution is 2.22. The predicted octanol–water partition coefficient (Wildman–Crippen LogP) is 4.04. The Bertz CT molecular complexity index is 466. The molecule has 2 nitrogen and oxygen atoms in total. The lowest BCUT2D eigenvalue weighted by atomic mass is 10.2. The SMILES string of the molecule is Clc1cc(Cl)cc(NCCc2ccncc2)c1. The molecule has 17 heavy (non-hydrogen) atoms. The largest absolute Gasteiger partial charge is 0.385 e. The summed E-state index contributed by atoms with van der Waals surface area (Å²) in [6.45, 7) is 0.834. The third-order valence-corrected chi connectivity index (χ3v) is 2.79. The minimum absolute atomic E-state index is 0.643. The van der Waals surface area contributed by atoms with Crippen molar-refractivity contribution in [2.24, 2.45) is 0 Å². The average molecular weight is 267 g/mol. The Kier molecular flexibility index (Phi) is 4.24. The molecule has 2 rings (SSSR count). The molecule has 0 aliphatic rings. The van der Waals surface area contributed by atoms with Crippen molar-refractivity contribution in [3.8, 4) is 0 Å². The van der Waals surface area contributed by atoms with E-state index in [2.05, 4.69) is 10.3 Å². The number of pyridine rings is 1. The summed E-state index contributed by atoms with van der Waals surface area (Å²) in [4.78, 5) is 3.98. The molecule has 0 aliphatic carbocycles. The van der Waals surface area contributed by atoms with Crippen molar-refractivity contribution >= 4 is 28.9 Å². The fourth-order valence-corrected chi connectivity index (χ4v) is 2.08. The molecule has 0 spiro atoms. The van der Waals surface area contributed by atoms with Crippen molar-refractivity contribution in [1.29, 1.82) is 0 Å². The fourth-order valence-electron chi connectivity index (χ4n) is 1.56. The Morgan fingerprint density at radius 2 is 1.65 bits per heavy atom.